The van der Waals surface area contributed by atoms with Crippen LogP contribution in [0.3, 0.4) is 0 Å². The van der Waals surface area contributed by atoms with Crippen LogP contribution in [0.1, 0.15) is 34.5 Å². The van der Waals surface area contributed by atoms with Gasteiger partial charge in [0.05, 0.1) is 16.8 Å². The lowest BCUT2D eigenvalue weighted by molar-refractivity contribution is -0.118. The number of H-pyrrole nitrogens is 1. The fourth-order valence-electron chi connectivity index (χ4n) is 3.98. The number of carbonyl (C=O) groups excluding carboxylic acids is 2. The third-order valence-corrected chi connectivity index (χ3v) is 5.25. The number of aryl methyl sites for hydroxylation is 2. The minimum atomic E-state index is -0.201. The number of aromatic amines is 1. The zero-order valence-electron chi connectivity index (χ0n) is 14.7. The molecule has 0 unspecified atom stereocenters. The Morgan fingerprint density at radius 1 is 1.11 bits per heavy atom. The fourth-order valence-corrected chi connectivity index (χ4v) is 3.98. The van der Waals surface area contributed by atoms with Crippen LogP contribution >= 0.6 is 0 Å². The molecule has 1 aromatic heterocycles. The monoisotopic (exact) mass is 361 g/mol. The number of nitrogens with one attached hydrogen (secondary N) is 3. The largest absolute Gasteiger partial charge is 0.482 e. The Morgan fingerprint density at radius 2 is 2.00 bits per heavy atom. The smallest absolute Gasteiger partial charge is 0.262 e. The molecule has 5 rings (SSSR count). The molecule has 2 heterocycles. The van der Waals surface area contributed by atoms with Gasteiger partial charge in [0.15, 0.2) is 6.61 Å². The molecule has 3 N–H and O–H groups in total. The van der Waals surface area contributed by atoms with E-state index < -0.39 is 0 Å². The first-order valence-corrected chi connectivity index (χ1v) is 9.19. The molecular formula is C21H19N3O3. The zero-order chi connectivity index (χ0) is 18.4. The summed E-state index contributed by atoms with van der Waals surface area (Å²) in [5.41, 5.74) is 5.30. The van der Waals surface area contributed by atoms with E-state index in [0.29, 0.717) is 22.7 Å². The molecule has 6 nitrogen and oxygen atoms in total. The lowest BCUT2D eigenvalue weighted by Gasteiger charge is -2.18. The molecule has 0 saturated heterocycles. The predicted molar refractivity (Wildman–Crippen MR) is 103 cm³/mol. The number of amides is 2. The molecule has 0 radical (unpaired) electrons. The summed E-state index contributed by atoms with van der Waals surface area (Å²) in [6.45, 7) is 0.0121. The molecule has 3 aromatic rings. The summed E-state index contributed by atoms with van der Waals surface area (Å²) in [7, 11) is 0. The topological polar surface area (TPSA) is 83.2 Å². The Kier molecular flexibility index (Phi) is 3.63. The molecule has 0 spiro atoms. The zero-order valence-corrected chi connectivity index (χ0v) is 14.7. The molecule has 2 aromatic carbocycles. The SMILES string of the molecule is O=C1COc2ccc(NC(=O)c3cccc4c5c([nH]c34)CCCC5)cc2N1. The molecule has 1 aliphatic heterocycles. The number of rotatable bonds is 2. The van der Waals surface area contributed by atoms with Crippen molar-refractivity contribution < 1.29 is 14.3 Å². The van der Waals surface area contributed by atoms with Crippen LogP contribution in [0, 0.1) is 0 Å². The Morgan fingerprint density at radius 3 is 2.93 bits per heavy atom. The van der Waals surface area contributed by atoms with Gasteiger partial charge in [-0.25, -0.2) is 0 Å². The number of fused-ring (bicyclic) bond motifs is 4. The normalized spacial score (nSPS) is 15.5. The fraction of sp³-hybridized carbons (Fsp3) is 0.238. The third-order valence-electron chi connectivity index (χ3n) is 5.25. The van der Waals surface area contributed by atoms with Crippen LogP contribution in [0.4, 0.5) is 11.4 Å². The van der Waals surface area contributed by atoms with E-state index in [1.165, 1.54) is 24.1 Å². The van der Waals surface area contributed by atoms with Crippen LogP contribution in [0.5, 0.6) is 5.75 Å². The molecule has 0 saturated carbocycles. The minimum absolute atomic E-state index is 0.0121. The van der Waals surface area contributed by atoms with Gasteiger partial charge >= 0.3 is 0 Å². The molecule has 2 amide bonds. The molecule has 1 aliphatic carbocycles. The molecule has 27 heavy (non-hydrogen) atoms. The van der Waals surface area contributed by atoms with Crippen molar-refractivity contribution in [1.29, 1.82) is 0 Å². The number of hydrogen-bond donors (Lipinski definition) is 3. The van der Waals surface area contributed by atoms with E-state index in [4.69, 9.17) is 4.74 Å². The quantitative estimate of drug-likeness (QED) is 0.652. The van der Waals surface area contributed by atoms with Gasteiger partial charge in [-0.2, -0.15) is 0 Å². The number of anilines is 2. The molecule has 0 bridgehead atoms. The lowest BCUT2D eigenvalue weighted by Crippen LogP contribution is -2.25. The summed E-state index contributed by atoms with van der Waals surface area (Å²) < 4.78 is 5.35. The maximum Gasteiger partial charge on any atom is 0.262 e. The number of aromatic nitrogens is 1. The predicted octanol–water partition coefficient (Wildman–Crippen LogP) is 3.63. The van der Waals surface area contributed by atoms with Crippen LogP contribution in [-0.2, 0) is 17.6 Å². The highest BCUT2D eigenvalue weighted by molar-refractivity contribution is 6.13. The highest BCUT2D eigenvalue weighted by Gasteiger charge is 2.20. The first kappa shape index (κ1) is 15.9. The Hall–Kier alpha value is -3.28. The highest BCUT2D eigenvalue weighted by Crippen LogP contribution is 2.32. The average Bonchev–Trinajstić information content (AvgIpc) is 3.06. The van der Waals surface area contributed by atoms with Crippen molar-refractivity contribution in [2.75, 3.05) is 17.2 Å². The van der Waals surface area contributed by atoms with E-state index in [0.717, 1.165) is 23.7 Å². The van der Waals surface area contributed by atoms with Crippen LogP contribution in [0.15, 0.2) is 36.4 Å². The molecule has 6 heteroatoms. The Labute approximate surface area is 155 Å². The summed E-state index contributed by atoms with van der Waals surface area (Å²) in [6.07, 6.45) is 4.48. The summed E-state index contributed by atoms with van der Waals surface area (Å²) in [4.78, 5) is 27.9. The van der Waals surface area contributed by atoms with Crippen LogP contribution < -0.4 is 15.4 Å². The highest BCUT2D eigenvalue weighted by atomic mass is 16.5. The van der Waals surface area contributed by atoms with Gasteiger partial charge in [0, 0.05) is 16.8 Å². The van der Waals surface area contributed by atoms with E-state index in [1.807, 2.05) is 12.1 Å². The van der Waals surface area contributed by atoms with Gasteiger partial charge in [-0.05, 0) is 55.5 Å². The summed E-state index contributed by atoms with van der Waals surface area (Å²) in [5.74, 6) is 0.224. The van der Waals surface area contributed by atoms with Gasteiger partial charge in [-0.15, -0.1) is 0 Å². The van der Waals surface area contributed by atoms with Crippen LogP contribution in [-0.4, -0.2) is 23.4 Å². The number of benzene rings is 2. The third kappa shape index (κ3) is 2.73. The second kappa shape index (κ2) is 6.16. The van der Waals surface area contributed by atoms with Crippen LogP contribution in [0.25, 0.3) is 10.9 Å². The summed E-state index contributed by atoms with van der Waals surface area (Å²) in [5, 5.41) is 6.83. The first-order valence-electron chi connectivity index (χ1n) is 9.19. The maximum atomic E-state index is 12.9. The summed E-state index contributed by atoms with van der Waals surface area (Å²) >= 11 is 0. The van der Waals surface area contributed by atoms with Crippen molar-refractivity contribution in [3.05, 3.63) is 53.2 Å². The van der Waals surface area contributed by atoms with Gasteiger partial charge in [-0.1, -0.05) is 12.1 Å². The Bertz CT molecular complexity index is 1080. The van der Waals surface area contributed by atoms with Gasteiger partial charge in [0.2, 0.25) is 0 Å². The van der Waals surface area contributed by atoms with E-state index in [1.54, 1.807) is 18.2 Å². The van der Waals surface area contributed by atoms with Gasteiger partial charge in [0.1, 0.15) is 5.75 Å². The van der Waals surface area contributed by atoms with Crippen molar-refractivity contribution >= 4 is 34.1 Å². The average molecular weight is 361 g/mol. The second-order valence-corrected chi connectivity index (χ2v) is 7.02. The van der Waals surface area contributed by atoms with Gasteiger partial charge in [-0.3, -0.25) is 9.59 Å². The van der Waals surface area contributed by atoms with Crippen LogP contribution in [0.2, 0.25) is 0 Å². The van der Waals surface area contributed by atoms with E-state index in [2.05, 4.69) is 21.7 Å². The lowest BCUT2D eigenvalue weighted by atomic mass is 9.95. The number of carbonyl (C=O) groups is 2. The number of ether oxygens (including phenoxy) is 1. The second-order valence-electron chi connectivity index (χ2n) is 7.02. The molecule has 136 valence electrons. The van der Waals surface area contributed by atoms with Gasteiger partial charge < -0.3 is 20.4 Å². The van der Waals surface area contributed by atoms with Crippen molar-refractivity contribution in [1.82, 2.24) is 4.98 Å². The van der Waals surface area contributed by atoms with Gasteiger partial charge in [0.25, 0.3) is 11.8 Å². The van der Waals surface area contributed by atoms with E-state index >= 15 is 0 Å². The summed E-state index contributed by atoms with van der Waals surface area (Å²) in [6, 6.07) is 11.1. The molecule has 0 fully saturated rings. The minimum Gasteiger partial charge on any atom is -0.482 e. The standard InChI is InChI=1S/C21H19N3O3/c25-19-11-27-18-9-8-12(10-17(18)23-19)22-21(26)15-6-3-5-14-13-4-1-2-7-16(13)24-20(14)15/h3,5-6,8-10,24H,1-2,4,7,11H2,(H,22,26)(H,23,25). The number of hydrogen-bond acceptors (Lipinski definition) is 3. The van der Waals surface area contributed by atoms with Crippen molar-refractivity contribution in [2.24, 2.45) is 0 Å². The van der Waals surface area contributed by atoms with E-state index in [-0.39, 0.29) is 18.4 Å². The van der Waals surface area contributed by atoms with E-state index in [9.17, 15) is 9.59 Å². The van der Waals surface area contributed by atoms with Crippen molar-refractivity contribution in [3.63, 3.8) is 0 Å². The Balaban J connectivity index is 1.47. The molecule has 0 atom stereocenters. The van der Waals surface area contributed by atoms with Crippen molar-refractivity contribution in [3.8, 4) is 5.75 Å². The molecule has 2 aliphatic rings. The first-order chi connectivity index (χ1) is 13.2. The molecular weight excluding hydrogens is 342 g/mol. The van der Waals surface area contributed by atoms with Crippen molar-refractivity contribution in [2.45, 2.75) is 25.7 Å². The maximum absolute atomic E-state index is 12.9. The number of para-hydroxylation sites is 1.